The lowest BCUT2D eigenvalue weighted by molar-refractivity contribution is -0.135. The van der Waals surface area contributed by atoms with Crippen LogP contribution in [0.1, 0.15) is 31.2 Å². The molecule has 1 aromatic carbocycles. The van der Waals surface area contributed by atoms with Crippen molar-refractivity contribution in [1.29, 1.82) is 0 Å². The van der Waals surface area contributed by atoms with Crippen LogP contribution in [-0.4, -0.2) is 78.1 Å². The molecule has 1 spiro atoms. The SMILES string of the molecule is CN1C(=O)N(CCc2ccccc2)C(=O)C12CCN(C1CCOCC1)CC2. The predicted molar refractivity (Wildman–Crippen MR) is 102 cm³/mol. The summed E-state index contributed by atoms with van der Waals surface area (Å²) in [7, 11) is 1.80. The summed E-state index contributed by atoms with van der Waals surface area (Å²) in [5, 5.41) is 0. The van der Waals surface area contributed by atoms with E-state index in [9.17, 15) is 9.59 Å². The van der Waals surface area contributed by atoms with E-state index >= 15 is 0 Å². The maximum atomic E-state index is 13.2. The molecule has 0 bridgehead atoms. The molecule has 27 heavy (non-hydrogen) atoms. The van der Waals surface area contributed by atoms with Gasteiger partial charge in [-0.15, -0.1) is 0 Å². The lowest BCUT2D eigenvalue weighted by Crippen LogP contribution is -2.57. The third kappa shape index (κ3) is 3.36. The quantitative estimate of drug-likeness (QED) is 0.761. The van der Waals surface area contributed by atoms with E-state index in [0.717, 1.165) is 57.6 Å². The average molecular weight is 371 g/mol. The highest BCUT2D eigenvalue weighted by molar-refractivity contribution is 6.07. The Bertz CT molecular complexity index is 679. The Morgan fingerprint density at radius 2 is 1.74 bits per heavy atom. The number of imide groups is 1. The zero-order valence-electron chi connectivity index (χ0n) is 16.1. The van der Waals surface area contributed by atoms with Crippen molar-refractivity contribution in [3.63, 3.8) is 0 Å². The molecule has 3 aliphatic heterocycles. The molecule has 0 radical (unpaired) electrons. The minimum absolute atomic E-state index is 0.00226. The van der Waals surface area contributed by atoms with Crippen LogP contribution >= 0.6 is 0 Å². The van der Waals surface area contributed by atoms with Crippen molar-refractivity contribution < 1.29 is 14.3 Å². The second-order valence-electron chi connectivity index (χ2n) is 7.95. The van der Waals surface area contributed by atoms with Gasteiger partial charge in [0.2, 0.25) is 0 Å². The van der Waals surface area contributed by atoms with Crippen molar-refractivity contribution in [2.45, 2.75) is 43.7 Å². The third-order valence-electron chi connectivity index (χ3n) is 6.60. The number of carbonyl (C=O) groups is 2. The van der Waals surface area contributed by atoms with Crippen LogP contribution in [0.3, 0.4) is 0 Å². The van der Waals surface area contributed by atoms with Gasteiger partial charge in [0, 0.05) is 45.9 Å². The first-order chi connectivity index (χ1) is 13.1. The normalized spacial score (nSPS) is 24.2. The van der Waals surface area contributed by atoms with Gasteiger partial charge in [0.25, 0.3) is 5.91 Å². The Morgan fingerprint density at radius 3 is 2.41 bits per heavy atom. The van der Waals surface area contributed by atoms with Crippen LogP contribution in [0.2, 0.25) is 0 Å². The summed E-state index contributed by atoms with van der Waals surface area (Å²) in [4.78, 5) is 31.7. The van der Waals surface area contributed by atoms with Crippen LogP contribution in [0, 0.1) is 0 Å². The van der Waals surface area contributed by atoms with Crippen LogP contribution in [0.25, 0.3) is 0 Å². The summed E-state index contributed by atoms with van der Waals surface area (Å²) in [6.07, 6.45) is 4.30. The molecule has 1 aromatic rings. The first-order valence-corrected chi connectivity index (χ1v) is 10.1. The predicted octanol–water partition coefficient (Wildman–Crippen LogP) is 2.14. The van der Waals surface area contributed by atoms with Gasteiger partial charge in [0.15, 0.2) is 0 Å². The van der Waals surface area contributed by atoms with Gasteiger partial charge >= 0.3 is 6.03 Å². The second kappa shape index (κ2) is 7.60. The fourth-order valence-electron chi connectivity index (χ4n) is 4.79. The zero-order valence-corrected chi connectivity index (χ0v) is 16.1. The molecular weight excluding hydrogens is 342 g/mol. The van der Waals surface area contributed by atoms with Crippen LogP contribution in [-0.2, 0) is 16.0 Å². The van der Waals surface area contributed by atoms with E-state index in [4.69, 9.17) is 4.74 Å². The molecule has 0 atom stereocenters. The fourth-order valence-corrected chi connectivity index (χ4v) is 4.79. The van der Waals surface area contributed by atoms with Crippen LogP contribution in [0.15, 0.2) is 30.3 Å². The van der Waals surface area contributed by atoms with E-state index < -0.39 is 5.54 Å². The number of amides is 3. The van der Waals surface area contributed by atoms with E-state index in [2.05, 4.69) is 4.90 Å². The van der Waals surface area contributed by atoms with Crippen LogP contribution in [0.5, 0.6) is 0 Å². The summed E-state index contributed by atoms with van der Waals surface area (Å²) in [5.74, 6) is -0.00226. The summed E-state index contributed by atoms with van der Waals surface area (Å²) in [6, 6.07) is 10.4. The molecule has 6 heteroatoms. The van der Waals surface area contributed by atoms with Crippen molar-refractivity contribution in [3.05, 3.63) is 35.9 Å². The standard InChI is InChI=1S/C21H29N3O3/c1-22-20(26)24(12-7-17-5-3-2-4-6-17)19(25)21(22)10-13-23(14-11-21)18-8-15-27-16-9-18/h2-6,18H,7-16H2,1H3. The van der Waals surface area contributed by atoms with E-state index in [-0.39, 0.29) is 11.9 Å². The highest BCUT2D eigenvalue weighted by Gasteiger charge is 2.56. The number of likely N-dealkylation sites (N-methyl/N-ethyl adjacent to an activating group) is 1. The molecule has 0 saturated carbocycles. The Labute approximate surface area is 161 Å². The topological polar surface area (TPSA) is 53.1 Å². The number of ether oxygens (including phenoxy) is 1. The fraction of sp³-hybridized carbons (Fsp3) is 0.619. The van der Waals surface area contributed by atoms with Gasteiger partial charge in [0.05, 0.1) is 0 Å². The number of likely N-dealkylation sites (tertiary alicyclic amines) is 1. The smallest absolute Gasteiger partial charge is 0.327 e. The first kappa shape index (κ1) is 18.4. The Morgan fingerprint density at radius 1 is 1.07 bits per heavy atom. The van der Waals surface area contributed by atoms with E-state index in [1.165, 1.54) is 4.90 Å². The maximum absolute atomic E-state index is 13.2. The van der Waals surface area contributed by atoms with Gasteiger partial charge in [-0.2, -0.15) is 0 Å². The van der Waals surface area contributed by atoms with Gasteiger partial charge < -0.3 is 14.5 Å². The van der Waals surface area contributed by atoms with Gasteiger partial charge in [-0.1, -0.05) is 30.3 Å². The highest BCUT2D eigenvalue weighted by atomic mass is 16.5. The minimum Gasteiger partial charge on any atom is -0.381 e. The molecule has 3 fully saturated rings. The minimum atomic E-state index is -0.643. The van der Waals surface area contributed by atoms with Gasteiger partial charge in [-0.25, -0.2) is 4.79 Å². The van der Waals surface area contributed by atoms with Gasteiger partial charge in [-0.3, -0.25) is 9.69 Å². The molecule has 146 valence electrons. The molecular formula is C21H29N3O3. The molecule has 0 N–H and O–H groups in total. The molecule has 0 unspecified atom stereocenters. The molecule has 3 saturated heterocycles. The highest BCUT2D eigenvalue weighted by Crippen LogP contribution is 2.37. The van der Waals surface area contributed by atoms with E-state index in [1.807, 2.05) is 30.3 Å². The summed E-state index contributed by atoms with van der Waals surface area (Å²) >= 11 is 0. The summed E-state index contributed by atoms with van der Waals surface area (Å²) < 4.78 is 5.47. The number of nitrogens with zero attached hydrogens (tertiary/aromatic N) is 3. The molecule has 3 aliphatic rings. The molecule has 4 rings (SSSR count). The second-order valence-corrected chi connectivity index (χ2v) is 7.95. The third-order valence-corrected chi connectivity index (χ3v) is 6.60. The number of benzene rings is 1. The Kier molecular flexibility index (Phi) is 5.19. The van der Waals surface area contributed by atoms with Crippen molar-refractivity contribution in [1.82, 2.24) is 14.7 Å². The lowest BCUT2D eigenvalue weighted by atomic mass is 9.85. The van der Waals surface area contributed by atoms with Crippen LogP contribution < -0.4 is 0 Å². The van der Waals surface area contributed by atoms with E-state index in [0.29, 0.717) is 19.0 Å². The maximum Gasteiger partial charge on any atom is 0.327 e. The lowest BCUT2D eigenvalue weighted by Gasteiger charge is -2.44. The number of carbonyl (C=O) groups excluding carboxylic acids is 2. The largest absolute Gasteiger partial charge is 0.381 e. The average Bonchev–Trinajstić information content (AvgIpc) is 2.90. The van der Waals surface area contributed by atoms with Crippen molar-refractivity contribution >= 4 is 11.9 Å². The number of hydrogen-bond acceptors (Lipinski definition) is 4. The van der Waals surface area contributed by atoms with Crippen molar-refractivity contribution in [3.8, 4) is 0 Å². The number of rotatable bonds is 4. The monoisotopic (exact) mass is 371 g/mol. The summed E-state index contributed by atoms with van der Waals surface area (Å²) in [5.41, 5.74) is 0.506. The van der Waals surface area contributed by atoms with Crippen molar-refractivity contribution in [2.75, 3.05) is 39.9 Å². The molecule has 0 aliphatic carbocycles. The van der Waals surface area contributed by atoms with Gasteiger partial charge in [-0.05, 0) is 37.7 Å². The molecule has 6 nitrogen and oxygen atoms in total. The van der Waals surface area contributed by atoms with Crippen molar-refractivity contribution in [2.24, 2.45) is 0 Å². The Balaban J connectivity index is 1.41. The summed E-state index contributed by atoms with van der Waals surface area (Å²) in [6.45, 7) is 3.87. The number of piperidine rings is 1. The first-order valence-electron chi connectivity index (χ1n) is 10.1. The van der Waals surface area contributed by atoms with Crippen LogP contribution in [0.4, 0.5) is 4.79 Å². The molecule has 0 aromatic heterocycles. The Hall–Kier alpha value is -1.92. The molecule has 3 amide bonds. The number of hydrogen-bond donors (Lipinski definition) is 0. The van der Waals surface area contributed by atoms with Gasteiger partial charge in [0.1, 0.15) is 5.54 Å². The molecule has 3 heterocycles. The van der Waals surface area contributed by atoms with E-state index in [1.54, 1.807) is 11.9 Å². The number of urea groups is 1. The zero-order chi connectivity index (χ0) is 18.9.